The number of amides is 1. The fraction of sp³-hybridized carbons (Fsp3) is 0.278. The molecule has 2 aromatic rings. The quantitative estimate of drug-likeness (QED) is 0.468. The van der Waals surface area contributed by atoms with Gasteiger partial charge in [0.2, 0.25) is 0 Å². The van der Waals surface area contributed by atoms with Crippen LogP contribution in [0.2, 0.25) is 0 Å². The zero-order valence-corrected chi connectivity index (χ0v) is 13.5. The number of nitrogen functional groups attached to an aromatic ring is 1. The van der Waals surface area contributed by atoms with Gasteiger partial charge >= 0.3 is 0 Å². The number of aryl methyl sites for hydroxylation is 1. The van der Waals surface area contributed by atoms with Crippen molar-refractivity contribution in [2.75, 3.05) is 7.11 Å². The highest BCUT2D eigenvalue weighted by Crippen LogP contribution is 2.29. The molecule has 0 aliphatic heterocycles. The van der Waals surface area contributed by atoms with Gasteiger partial charge in [0.15, 0.2) is 11.5 Å². The van der Waals surface area contributed by atoms with Crippen molar-refractivity contribution in [1.82, 2.24) is 5.43 Å². The number of carbonyl (C=O) groups excluding carboxylic acids is 1. The van der Waals surface area contributed by atoms with E-state index in [1.54, 1.807) is 19.2 Å². The van der Waals surface area contributed by atoms with Gasteiger partial charge in [0.25, 0.3) is 5.91 Å². The van der Waals surface area contributed by atoms with Crippen LogP contribution in [0.25, 0.3) is 0 Å². The lowest BCUT2D eigenvalue weighted by atomic mass is 10.1. The number of benzene rings is 2. The second-order valence-corrected chi connectivity index (χ2v) is 5.19. The summed E-state index contributed by atoms with van der Waals surface area (Å²) in [4.78, 5) is 11.4. The fourth-order valence-corrected chi connectivity index (χ4v) is 2.27. The summed E-state index contributed by atoms with van der Waals surface area (Å²) >= 11 is 0. The molecule has 3 N–H and O–H groups in total. The van der Waals surface area contributed by atoms with E-state index in [-0.39, 0.29) is 5.91 Å². The van der Waals surface area contributed by atoms with Crippen LogP contribution < -0.4 is 20.7 Å². The van der Waals surface area contributed by atoms with Crippen molar-refractivity contribution in [3.63, 3.8) is 0 Å². The van der Waals surface area contributed by atoms with Crippen LogP contribution in [0.4, 0.5) is 0 Å². The Morgan fingerprint density at radius 3 is 2.39 bits per heavy atom. The van der Waals surface area contributed by atoms with Crippen LogP contribution in [0, 0.1) is 0 Å². The molecule has 0 aromatic heterocycles. The third-order valence-corrected chi connectivity index (χ3v) is 3.51. The number of carbonyl (C=O) groups is 1. The van der Waals surface area contributed by atoms with Crippen LogP contribution in [0.15, 0.2) is 42.5 Å². The number of methoxy groups -OCH3 is 1. The molecule has 0 spiro atoms. The first-order valence-corrected chi connectivity index (χ1v) is 7.57. The minimum Gasteiger partial charge on any atom is -0.493 e. The topological polar surface area (TPSA) is 73.6 Å². The van der Waals surface area contributed by atoms with E-state index >= 15 is 0 Å². The van der Waals surface area contributed by atoms with Crippen molar-refractivity contribution < 1.29 is 14.3 Å². The Kier molecular flexibility index (Phi) is 6.00. The molecule has 0 saturated carbocycles. The van der Waals surface area contributed by atoms with Crippen molar-refractivity contribution >= 4 is 5.91 Å². The minimum absolute atomic E-state index is 0.314. The van der Waals surface area contributed by atoms with Crippen molar-refractivity contribution in [3.05, 3.63) is 59.2 Å². The van der Waals surface area contributed by atoms with E-state index < -0.39 is 0 Å². The second kappa shape index (κ2) is 8.19. The first kappa shape index (κ1) is 16.8. The Morgan fingerprint density at radius 2 is 1.78 bits per heavy atom. The maximum absolute atomic E-state index is 11.4. The van der Waals surface area contributed by atoms with Gasteiger partial charge in [-0.2, -0.15) is 0 Å². The largest absolute Gasteiger partial charge is 0.493 e. The van der Waals surface area contributed by atoms with Crippen molar-refractivity contribution in [2.24, 2.45) is 5.84 Å². The molecule has 0 heterocycles. The van der Waals surface area contributed by atoms with Gasteiger partial charge in [-0.25, -0.2) is 5.84 Å². The number of hydrogen-bond acceptors (Lipinski definition) is 4. The third-order valence-electron chi connectivity index (χ3n) is 3.51. The van der Waals surface area contributed by atoms with Gasteiger partial charge in [-0.05, 0) is 41.8 Å². The normalized spacial score (nSPS) is 10.2. The highest BCUT2D eigenvalue weighted by molar-refractivity contribution is 5.93. The molecule has 0 bridgehead atoms. The van der Waals surface area contributed by atoms with Gasteiger partial charge in [-0.3, -0.25) is 10.2 Å². The Hall–Kier alpha value is -2.53. The predicted octanol–water partition coefficient (Wildman–Crippen LogP) is 2.83. The molecule has 0 radical (unpaired) electrons. The van der Waals surface area contributed by atoms with E-state index in [0.29, 0.717) is 17.9 Å². The fourth-order valence-electron chi connectivity index (χ4n) is 2.27. The van der Waals surface area contributed by atoms with Crippen molar-refractivity contribution in [1.29, 1.82) is 0 Å². The molecule has 2 rings (SSSR count). The van der Waals surface area contributed by atoms with E-state index in [1.165, 1.54) is 5.56 Å². The van der Waals surface area contributed by atoms with Crippen LogP contribution in [-0.4, -0.2) is 13.0 Å². The molecular formula is C18H22N2O3. The number of ether oxygens (including phenoxy) is 2. The monoisotopic (exact) mass is 314 g/mol. The summed E-state index contributed by atoms with van der Waals surface area (Å²) in [6, 6.07) is 13.1. The zero-order chi connectivity index (χ0) is 16.7. The first-order valence-electron chi connectivity index (χ1n) is 7.57. The average molecular weight is 314 g/mol. The van der Waals surface area contributed by atoms with Gasteiger partial charge in [0.1, 0.15) is 6.61 Å². The average Bonchev–Trinajstić information content (AvgIpc) is 2.60. The molecule has 1 amide bonds. The lowest BCUT2D eigenvalue weighted by Gasteiger charge is -2.12. The summed E-state index contributed by atoms with van der Waals surface area (Å²) in [6.07, 6.45) is 2.10. The minimum atomic E-state index is -0.314. The van der Waals surface area contributed by atoms with E-state index in [4.69, 9.17) is 15.3 Å². The predicted molar refractivity (Wildman–Crippen MR) is 89.4 cm³/mol. The van der Waals surface area contributed by atoms with Crippen molar-refractivity contribution in [3.8, 4) is 11.5 Å². The molecule has 5 heteroatoms. The SMILES string of the molecule is CCCc1ccc(OCc2ccc(C(=O)NN)cc2)c(OC)c1. The number of hydrogen-bond donors (Lipinski definition) is 2. The van der Waals surface area contributed by atoms with E-state index in [0.717, 1.165) is 24.2 Å². The lowest BCUT2D eigenvalue weighted by Crippen LogP contribution is -2.29. The summed E-state index contributed by atoms with van der Waals surface area (Å²) in [6.45, 7) is 2.54. The summed E-state index contributed by atoms with van der Waals surface area (Å²) < 4.78 is 11.2. The number of nitrogens with one attached hydrogen (secondary N) is 1. The van der Waals surface area contributed by atoms with Gasteiger partial charge < -0.3 is 9.47 Å². The van der Waals surface area contributed by atoms with Gasteiger partial charge in [-0.1, -0.05) is 31.5 Å². The molecule has 0 atom stereocenters. The van der Waals surface area contributed by atoms with Crippen molar-refractivity contribution in [2.45, 2.75) is 26.4 Å². The highest BCUT2D eigenvalue weighted by atomic mass is 16.5. The maximum atomic E-state index is 11.4. The molecule has 5 nitrogen and oxygen atoms in total. The second-order valence-electron chi connectivity index (χ2n) is 5.19. The lowest BCUT2D eigenvalue weighted by molar-refractivity contribution is 0.0953. The summed E-state index contributed by atoms with van der Waals surface area (Å²) in [5.74, 6) is 6.23. The number of rotatable bonds is 7. The molecule has 122 valence electrons. The smallest absolute Gasteiger partial charge is 0.265 e. The number of hydrazine groups is 1. The Labute approximate surface area is 136 Å². The van der Waals surface area contributed by atoms with Gasteiger partial charge in [-0.15, -0.1) is 0 Å². The van der Waals surface area contributed by atoms with Crippen LogP contribution in [0.5, 0.6) is 11.5 Å². The molecule has 0 aliphatic carbocycles. The van der Waals surface area contributed by atoms with Crippen LogP contribution in [0.1, 0.15) is 34.8 Å². The van der Waals surface area contributed by atoms with Gasteiger partial charge in [0.05, 0.1) is 7.11 Å². The van der Waals surface area contributed by atoms with E-state index in [2.05, 4.69) is 18.4 Å². The highest BCUT2D eigenvalue weighted by Gasteiger charge is 2.07. The molecular weight excluding hydrogens is 292 g/mol. The maximum Gasteiger partial charge on any atom is 0.265 e. The van der Waals surface area contributed by atoms with E-state index in [1.807, 2.05) is 24.3 Å². The third kappa shape index (κ3) is 4.47. The molecule has 0 saturated heterocycles. The van der Waals surface area contributed by atoms with Crippen LogP contribution >= 0.6 is 0 Å². The Bertz CT molecular complexity index is 654. The standard InChI is InChI=1S/C18H22N2O3/c1-3-4-13-7-10-16(17(11-13)22-2)23-12-14-5-8-15(9-6-14)18(21)20-19/h5-11H,3-4,12,19H2,1-2H3,(H,20,21). The first-order chi connectivity index (χ1) is 11.2. The van der Waals surface area contributed by atoms with Crippen LogP contribution in [0.3, 0.4) is 0 Å². The molecule has 0 aliphatic rings. The molecule has 0 fully saturated rings. The molecule has 0 unspecified atom stereocenters. The molecule has 23 heavy (non-hydrogen) atoms. The molecule has 2 aromatic carbocycles. The van der Waals surface area contributed by atoms with Gasteiger partial charge in [0, 0.05) is 5.56 Å². The summed E-state index contributed by atoms with van der Waals surface area (Å²) in [5, 5.41) is 0. The Balaban J connectivity index is 2.04. The summed E-state index contributed by atoms with van der Waals surface area (Å²) in [5.41, 5.74) is 4.80. The summed E-state index contributed by atoms with van der Waals surface area (Å²) in [7, 11) is 1.64. The zero-order valence-electron chi connectivity index (χ0n) is 13.5. The number of nitrogens with two attached hydrogens (primary N) is 1. The van der Waals surface area contributed by atoms with Crippen LogP contribution in [-0.2, 0) is 13.0 Å². The Morgan fingerprint density at radius 1 is 1.09 bits per heavy atom. The van der Waals surface area contributed by atoms with E-state index in [9.17, 15) is 4.79 Å².